The minimum Gasteiger partial charge on any atom is -0.378 e. The molecule has 3 N–H and O–H groups in total. The second-order valence-corrected chi connectivity index (χ2v) is 10.5. The van der Waals surface area contributed by atoms with Gasteiger partial charge in [0, 0.05) is 25.3 Å². The fraction of sp³-hybridized carbons (Fsp3) is 0.222. The lowest BCUT2D eigenvalue weighted by Crippen LogP contribution is -2.11. The van der Waals surface area contributed by atoms with E-state index in [0.29, 0.717) is 18.4 Å². The van der Waals surface area contributed by atoms with Crippen LogP contribution in [0.5, 0.6) is 0 Å². The highest BCUT2D eigenvalue weighted by Crippen LogP contribution is 2.35. The molecule has 0 fully saturated rings. The molecule has 0 saturated heterocycles. The van der Waals surface area contributed by atoms with E-state index in [-0.39, 0.29) is 5.30 Å². The normalized spacial score (nSPS) is 11.6. The molecule has 0 spiro atoms. The van der Waals surface area contributed by atoms with E-state index < -0.39 is 7.60 Å². The average molecular weight is 476 g/mol. The highest BCUT2D eigenvalue weighted by atomic mass is 31.2. The summed E-state index contributed by atoms with van der Waals surface area (Å²) in [6.07, 6.45) is 1.02. The molecule has 7 heteroatoms. The van der Waals surface area contributed by atoms with E-state index in [1.807, 2.05) is 14.1 Å². The Hall–Kier alpha value is -3.18. The Bertz CT molecular complexity index is 1330. The van der Waals surface area contributed by atoms with Crippen LogP contribution in [0.2, 0.25) is 0 Å². The number of H-pyrrole nitrogens is 1. The fourth-order valence-corrected chi connectivity index (χ4v) is 5.10. The average Bonchev–Trinajstić information content (AvgIpc) is 3.21. The summed E-state index contributed by atoms with van der Waals surface area (Å²) in [5, 5.41) is 0.0805. The summed E-state index contributed by atoms with van der Waals surface area (Å²) in [4.78, 5) is 30.0. The summed E-state index contributed by atoms with van der Waals surface area (Å²) < 4.78 is 12.0. The maximum Gasteiger partial charge on any atom is 0.356 e. The first-order valence-electron chi connectivity index (χ1n) is 11.2. The third-order valence-corrected chi connectivity index (χ3v) is 6.95. The van der Waals surface area contributed by atoms with Crippen LogP contribution >= 0.6 is 7.60 Å². The molecule has 0 aliphatic carbocycles. The van der Waals surface area contributed by atoms with Gasteiger partial charge in [-0.15, -0.1) is 0 Å². The second kappa shape index (κ2) is 9.59. The quantitative estimate of drug-likeness (QED) is 0.327. The zero-order valence-corrected chi connectivity index (χ0v) is 20.8. The Labute approximate surface area is 200 Å². The third-order valence-electron chi connectivity index (χ3n) is 5.88. The Kier molecular flexibility index (Phi) is 6.76. The van der Waals surface area contributed by atoms with Crippen molar-refractivity contribution in [2.45, 2.75) is 26.7 Å². The van der Waals surface area contributed by atoms with Crippen molar-refractivity contribution < 1.29 is 14.4 Å². The number of hydrogen-bond donors (Lipinski definition) is 3. The van der Waals surface area contributed by atoms with Crippen LogP contribution in [0.4, 0.5) is 5.69 Å². The molecule has 0 unspecified atom stereocenters. The van der Waals surface area contributed by atoms with Crippen molar-refractivity contribution in [3.63, 3.8) is 0 Å². The predicted molar refractivity (Wildman–Crippen MR) is 139 cm³/mol. The van der Waals surface area contributed by atoms with Gasteiger partial charge in [-0.25, -0.2) is 4.98 Å². The van der Waals surface area contributed by atoms with E-state index in [0.717, 1.165) is 34.0 Å². The monoisotopic (exact) mass is 475 g/mol. The maximum atomic E-state index is 12.0. The van der Waals surface area contributed by atoms with Crippen LogP contribution in [-0.4, -0.2) is 33.9 Å². The van der Waals surface area contributed by atoms with Gasteiger partial charge in [0.1, 0.15) is 5.82 Å². The lowest BCUT2D eigenvalue weighted by molar-refractivity contribution is 0.387. The lowest BCUT2D eigenvalue weighted by atomic mass is 10.0. The molecule has 3 aromatic carbocycles. The molecule has 4 rings (SSSR count). The first-order valence-corrected chi connectivity index (χ1v) is 12.8. The molecule has 176 valence electrons. The van der Waals surface area contributed by atoms with Gasteiger partial charge in [-0.05, 0) is 68.1 Å². The molecule has 1 aromatic heterocycles. The SMILES string of the molecule is Cc1cc(C)cc(-c2nc(CCc3ccccc3P(=O)(O)O)c(-c3ccc(N(C)C)cc3)[nH]2)c1. The molecule has 34 heavy (non-hydrogen) atoms. The molecule has 0 aliphatic heterocycles. The first kappa shape index (κ1) is 24.0. The molecule has 4 aromatic rings. The Morgan fingerprint density at radius 3 is 2.15 bits per heavy atom. The van der Waals surface area contributed by atoms with Crippen LogP contribution in [0, 0.1) is 13.8 Å². The van der Waals surface area contributed by atoms with Gasteiger partial charge in [0.25, 0.3) is 0 Å². The number of nitrogens with zero attached hydrogens (tertiary/aromatic N) is 2. The van der Waals surface area contributed by atoms with Crippen molar-refractivity contribution in [3.8, 4) is 22.6 Å². The number of hydrogen-bond acceptors (Lipinski definition) is 3. The highest BCUT2D eigenvalue weighted by Gasteiger charge is 2.21. The lowest BCUT2D eigenvalue weighted by Gasteiger charge is -2.13. The Morgan fingerprint density at radius 1 is 0.882 bits per heavy atom. The molecule has 6 nitrogen and oxygen atoms in total. The van der Waals surface area contributed by atoms with Gasteiger partial charge in [0.2, 0.25) is 0 Å². The van der Waals surface area contributed by atoms with Crippen molar-refractivity contribution >= 4 is 18.6 Å². The van der Waals surface area contributed by atoms with E-state index in [2.05, 4.69) is 66.2 Å². The van der Waals surface area contributed by atoms with Crippen molar-refractivity contribution in [1.29, 1.82) is 0 Å². The summed E-state index contributed by atoms with van der Waals surface area (Å²) in [5.41, 5.74) is 7.91. The maximum absolute atomic E-state index is 12.0. The zero-order valence-electron chi connectivity index (χ0n) is 19.9. The van der Waals surface area contributed by atoms with Crippen LogP contribution in [0.15, 0.2) is 66.7 Å². The first-order chi connectivity index (χ1) is 16.1. The van der Waals surface area contributed by atoms with E-state index in [4.69, 9.17) is 4.98 Å². The number of benzene rings is 3. The van der Waals surface area contributed by atoms with Crippen LogP contribution < -0.4 is 10.2 Å². The minimum atomic E-state index is -4.35. The standard InChI is InChI=1S/C27H30N3O3P/c1-18-15-19(2)17-22(16-18)27-28-24(14-11-20-7-5-6-8-25(20)34(31,32)33)26(29-27)21-9-12-23(13-10-21)30(3)4/h5-10,12-13,15-17H,11,14H2,1-4H3,(H,28,29)(H2,31,32,33). The molecule has 0 radical (unpaired) electrons. The van der Waals surface area contributed by atoms with E-state index in [1.165, 1.54) is 17.2 Å². The molecule has 0 aliphatic rings. The van der Waals surface area contributed by atoms with E-state index >= 15 is 0 Å². The van der Waals surface area contributed by atoms with Gasteiger partial charge in [-0.3, -0.25) is 4.57 Å². The Balaban J connectivity index is 1.75. The summed E-state index contributed by atoms with van der Waals surface area (Å²) in [7, 11) is -0.334. The van der Waals surface area contributed by atoms with Crippen molar-refractivity contribution in [1.82, 2.24) is 9.97 Å². The largest absolute Gasteiger partial charge is 0.378 e. The molecule has 0 atom stereocenters. The van der Waals surface area contributed by atoms with Gasteiger partial charge in [-0.1, -0.05) is 47.5 Å². The van der Waals surface area contributed by atoms with Crippen molar-refractivity contribution in [3.05, 3.63) is 89.1 Å². The van der Waals surface area contributed by atoms with Gasteiger partial charge < -0.3 is 19.7 Å². The number of aromatic nitrogens is 2. The summed E-state index contributed by atoms with van der Waals surface area (Å²) in [6, 6.07) is 21.4. The molecular weight excluding hydrogens is 445 g/mol. The smallest absolute Gasteiger partial charge is 0.356 e. The van der Waals surface area contributed by atoms with Crippen LogP contribution in [0.1, 0.15) is 22.4 Å². The van der Waals surface area contributed by atoms with Gasteiger partial charge in [0.05, 0.1) is 16.7 Å². The summed E-state index contributed by atoms with van der Waals surface area (Å²) in [5.74, 6) is 0.789. The molecule has 0 saturated carbocycles. The number of imidazole rings is 1. The molecular formula is C27H30N3O3P. The van der Waals surface area contributed by atoms with E-state index in [1.54, 1.807) is 18.2 Å². The zero-order chi connectivity index (χ0) is 24.5. The van der Waals surface area contributed by atoms with Crippen molar-refractivity contribution in [2.75, 3.05) is 19.0 Å². The summed E-state index contributed by atoms with van der Waals surface area (Å²) in [6.45, 7) is 4.14. The van der Waals surface area contributed by atoms with Crippen LogP contribution in [0.25, 0.3) is 22.6 Å². The van der Waals surface area contributed by atoms with Gasteiger partial charge >= 0.3 is 7.60 Å². The van der Waals surface area contributed by atoms with Crippen molar-refractivity contribution in [2.24, 2.45) is 0 Å². The molecule has 1 heterocycles. The number of rotatable bonds is 7. The third kappa shape index (κ3) is 5.31. The minimum absolute atomic E-state index is 0.0805. The fourth-order valence-electron chi connectivity index (χ4n) is 4.26. The number of anilines is 1. The van der Waals surface area contributed by atoms with Gasteiger partial charge in [-0.2, -0.15) is 0 Å². The van der Waals surface area contributed by atoms with Crippen LogP contribution in [0.3, 0.4) is 0 Å². The number of aryl methyl sites for hydroxylation is 4. The van der Waals surface area contributed by atoms with Gasteiger partial charge in [0.15, 0.2) is 0 Å². The number of nitrogens with one attached hydrogen (secondary N) is 1. The second-order valence-electron chi connectivity index (χ2n) is 8.90. The van der Waals surface area contributed by atoms with E-state index in [9.17, 15) is 14.4 Å². The molecule has 0 bridgehead atoms. The Morgan fingerprint density at radius 2 is 1.53 bits per heavy atom. The predicted octanol–water partition coefficient (Wildman–Crippen LogP) is 5.01. The molecule has 0 amide bonds. The highest BCUT2D eigenvalue weighted by molar-refractivity contribution is 7.60. The number of aromatic amines is 1. The van der Waals surface area contributed by atoms with Crippen LogP contribution in [-0.2, 0) is 17.4 Å². The topological polar surface area (TPSA) is 89.4 Å². The summed E-state index contributed by atoms with van der Waals surface area (Å²) >= 11 is 0.